The predicted molar refractivity (Wildman–Crippen MR) is 71.3 cm³/mol. The Morgan fingerprint density at radius 3 is 2.94 bits per heavy atom. The average molecular weight is 262 g/mol. The summed E-state index contributed by atoms with van der Waals surface area (Å²) in [6, 6.07) is 5.97. The van der Waals surface area contributed by atoms with Gasteiger partial charge in [0.2, 0.25) is 0 Å². The highest BCUT2D eigenvalue weighted by Gasteiger charge is 2.13. The second-order valence-corrected chi connectivity index (χ2v) is 5.14. The lowest BCUT2D eigenvalue weighted by Gasteiger charge is -2.18. The summed E-state index contributed by atoms with van der Waals surface area (Å²) in [4.78, 5) is 5.66. The monoisotopic (exact) mass is 262 g/mol. The molecule has 1 aliphatic rings. The van der Waals surface area contributed by atoms with Gasteiger partial charge in [-0.1, -0.05) is 0 Å². The number of thiazole rings is 1. The third-order valence-electron chi connectivity index (χ3n) is 2.69. The Hall–Kier alpha value is -1.59. The molecular weight excluding hydrogens is 248 g/mol. The molecule has 18 heavy (non-hydrogen) atoms. The fourth-order valence-corrected chi connectivity index (χ4v) is 2.79. The summed E-state index contributed by atoms with van der Waals surface area (Å²) in [5, 5.41) is 4.14. The van der Waals surface area contributed by atoms with Crippen molar-refractivity contribution in [2.45, 2.75) is 6.54 Å². The van der Waals surface area contributed by atoms with Crippen LogP contribution in [0.15, 0.2) is 24.4 Å². The molecule has 0 radical (unpaired) electrons. The molecule has 0 saturated carbocycles. The van der Waals surface area contributed by atoms with Crippen molar-refractivity contribution in [2.75, 3.05) is 20.3 Å². The summed E-state index contributed by atoms with van der Waals surface area (Å²) in [6.45, 7) is 2.08. The Morgan fingerprint density at radius 2 is 2.11 bits per heavy atom. The van der Waals surface area contributed by atoms with E-state index >= 15 is 0 Å². The number of rotatable bonds is 3. The molecule has 5 heteroatoms. The van der Waals surface area contributed by atoms with Gasteiger partial charge in [-0.25, -0.2) is 4.98 Å². The normalized spacial score (nSPS) is 13.6. The lowest BCUT2D eigenvalue weighted by atomic mass is 10.2. The van der Waals surface area contributed by atoms with Crippen molar-refractivity contribution in [3.05, 3.63) is 29.3 Å². The molecular formula is C13H14N2O2S. The van der Waals surface area contributed by atoms with Crippen molar-refractivity contribution in [3.63, 3.8) is 0 Å². The minimum atomic E-state index is 0.610. The predicted octanol–water partition coefficient (Wildman–Crippen LogP) is 2.30. The van der Waals surface area contributed by atoms with Crippen molar-refractivity contribution < 1.29 is 9.47 Å². The molecule has 0 fully saturated rings. The molecule has 1 aliphatic heterocycles. The van der Waals surface area contributed by atoms with E-state index in [1.807, 2.05) is 31.4 Å². The molecule has 4 nitrogen and oxygen atoms in total. The maximum absolute atomic E-state index is 5.58. The van der Waals surface area contributed by atoms with Gasteiger partial charge in [0.05, 0.1) is 0 Å². The van der Waals surface area contributed by atoms with Gasteiger partial charge in [0.1, 0.15) is 18.2 Å². The SMILES string of the molecule is CNCc1cnc(-c2ccc3c(c2)OCCO3)s1. The standard InChI is InChI=1S/C13H14N2O2S/c1-14-7-10-8-15-13(18-10)9-2-3-11-12(6-9)17-5-4-16-11/h2-3,6,8,14H,4-5,7H2,1H3. The first-order valence-electron chi connectivity index (χ1n) is 5.86. The molecule has 1 aromatic heterocycles. The molecule has 0 amide bonds. The van der Waals surface area contributed by atoms with Crippen molar-refractivity contribution >= 4 is 11.3 Å². The number of hydrogen-bond donors (Lipinski definition) is 1. The Bertz CT molecular complexity index is 554. The summed E-state index contributed by atoms with van der Waals surface area (Å²) < 4.78 is 11.1. The van der Waals surface area contributed by atoms with Crippen molar-refractivity contribution in [1.82, 2.24) is 10.3 Å². The quantitative estimate of drug-likeness (QED) is 0.921. The van der Waals surface area contributed by atoms with Gasteiger partial charge in [-0.3, -0.25) is 0 Å². The first-order valence-corrected chi connectivity index (χ1v) is 6.68. The van der Waals surface area contributed by atoms with Gasteiger partial charge in [-0.15, -0.1) is 11.3 Å². The maximum atomic E-state index is 5.58. The number of ether oxygens (including phenoxy) is 2. The number of benzene rings is 1. The van der Waals surface area contributed by atoms with E-state index in [1.54, 1.807) is 11.3 Å². The largest absolute Gasteiger partial charge is 0.486 e. The van der Waals surface area contributed by atoms with Gasteiger partial charge >= 0.3 is 0 Å². The molecule has 0 spiro atoms. The number of hydrogen-bond acceptors (Lipinski definition) is 5. The fraction of sp³-hybridized carbons (Fsp3) is 0.308. The minimum Gasteiger partial charge on any atom is -0.486 e. The highest BCUT2D eigenvalue weighted by molar-refractivity contribution is 7.15. The number of nitrogens with one attached hydrogen (secondary N) is 1. The zero-order valence-corrected chi connectivity index (χ0v) is 10.9. The van der Waals surface area contributed by atoms with Gasteiger partial charge in [-0.2, -0.15) is 0 Å². The summed E-state index contributed by atoms with van der Waals surface area (Å²) in [6.07, 6.45) is 1.91. The van der Waals surface area contributed by atoms with E-state index < -0.39 is 0 Å². The van der Waals surface area contributed by atoms with Crippen LogP contribution in [0.5, 0.6) is 11.5 Å². The maximum Gasteiger partial charge on any atom is 0.162 e. The summed E-state index contributed by atoms with van der Waals surface area (Å²) in [7, 11) is 1.93. The van der Waals surface area contributed by atoms with Crippen LogP contribution in [-0.4, -0.2) is 25.2 Å². The summed E-state index contributed by atoms with van der Waals surface area (Å²) >= 11 is 1.69. The van der Waals surface area contributed by atoms with Crippen LogP contribution >= 0.6 is 11.3 Å². The fourth-order valence-electron chi connectivity index (χ4n) is 1.87. The molecule has 1 aromatic carbocycles. The van der Waals surface area contributed by atoms with E-state index in [1.165, 1.54) is 4.88 Å². The van der Waals surface area contributed by atoms with Crippen LogP contribution in [0.4, 0.5) is 0 Å². The molecule has 0 bridgehead atoms. The van der Waals surface area contributed by atoms with Crippen LogP contribution in [0, 0.1) is 0 Å². The molecule has 0 aliphatic carbocycles. The van der Waals surface area contributed by atoms with Crippen molar-refractivity contribution in [3.8, 4) is 22.1 Å². The zero-order chi connectivity index (χ0) is 12.4. The third kappa shape index (κ3) is 2.19. The summed E-state index contributed by atoms with van der Waals surface area (Å²) in [5.41, 5.74) is 1.08. The first kappa shape index (κ1) is 11.5. The topological polar surface area (TPSA) is 43.4 Å². The highest BCUT2D eigenvalue weighted by Crippen LogP contribution is 2.35. The van der Waals surface area contributed by atoms with Crippen LogP contribution in [0.3, 0.4) is 0 Å². The second kappa shape index (κ2) is 4.96. The first-order chi connectivity index (χ1) is 8.86. The smallest absolute Gasteiger partial charge is 0.162 e. The van der Waals surface area contributed by atoms with Gasteiger partial charge in [0.25, 0.3) is 0 Å². The van der Waals surface area contributed by atoms with Crippen LogP contribution in [-0.2, 0) is 6.54 Å². The van der Waals surface area contributed by atoms with Gasteiger partial charge in [-0.05, 0) is 25.2 Å². The Kier molecular flexibility index (Phi) is 3.17. The lowest BCUT2D eigenvalue weighted by molar-refractivity contribution is 0.171. The van der Waals surface area contributed by atoms with Crippen LogP contribution in [0.1, 0.15) is 4.88 Å². The molecule has 1 N–H and O–H groups in total. The van der Waals surface area contributed by atoms with Gasteiger partial charge in [0, 0.05) is 23.2 Å². The van der Waals surface area contributed by atoms with Crippen molar-refractivity contribution in [1.29, 1.82) is 0 Å². The molecule has 2 aromatic rings. The zero-order valence-electron chi connectivity index (χ0n) is 10.1. The molecule has 0 atom stereocenters. The van der Waals surface area contributed by atoms with E-state index in [-0.39, 0.29) is 0 Å². The molecule has 2 heterocycles. The Labute approximate surface area is 110 Å². The van der Waals surface area contributed by atoms with Gasteiger partial charge < -0.3 is 14.8 Å². The van der Waals surface area contributed by atoms with E-state index in [0.717, 1.165) is 28.6 Å². The molecule has 0 saturated heterocycles. The van der Waals surface area contributed by atoms with E-state index in [2.05, 4.69) is 10.3 Å². The molecule has 3 rings (SSSR count). The van der Waals surface area contributed by atoms with Crippen LogP contribution < -0.4 is 14.8 Å². The summed E-state index contributed by atoms with van der Waals surface area (Å²) in [5.74, 6) is 1.63. The Morgan fingerprint density at radius 1 is 1.28 bits per heavy atom. The van der Waals surface area contributed by atoms with Gasteiger partial charge in [0.15, 0.2) is 11.5 Å². The molecule has 94 valence electrons. The number of fused-ring (bicyclic) bond motifs is 1. The highest BCUT2D eigenvalue weighted by atomic mass is 32.1. The third-order valence-corrected chi connectivity index (χ3v) is 3.74. The van der Waals surface area contributed by atoms with Crippen molar-refractivity contribution in [2.24, 2.45) is 0 Å². The lowest BCUT2D eigenvalue weighted by Crippen LogP contribution is -2.15. The van der Waals surface area contributed by atoms with E-state index in [0.29, 0.717) is 13.2 Å². The van der Waals surface area contributed by atoms with Crippen LogP contribution in [0.25, 0.3) is 10.6 Å². The number of nitrogens with zero attached hydrogens (tertiary/aromatic N) is 1. The molecule has 0 unspecified atom stereocenters. The Balaban J connectivity index is 1.91. The van der Waals surface area contributed by atoms with Crippen LogP contribution in [0.2, 0.25) is 0 Å². The van der Waals surface area contributed by atoms with E-state index in [9.17, 15) is 0 Å². The van der Waals surface area contributed by atoms with E-state index in [4.69, 9.17) is 9.47 Å². The number of aromatic nitrogens is 1. The second-order valence-electron chi connectivity index (χ2n) is 4.02. The minimum absolute atomic E-state index is 0.610. The average Bonchev–Trinajstić information content (AvgIpc) is 2.87.